The molecule has 1 aliphatic heterocycles. The first-order chi connectivity index (χ1) is 18.7. The van der Waals surface area contributed by atoms with Gasteiger partial charge < -0.3 is 19.4 Å². The van der Waals surface area contributed by atoms with E-state index in [1.807, 2.05) is 40.9 Å². The van der Waals surface area contributed by atoms with Crippen LogP contribution in [-0.2, 0) is 17.9 Å². The Morgan fingerprint density at radius 2 is 1.64 bits per heavy atom. The Morgan fingerprint density at radius 3 is 2.33 bits per heavy atom. The van der Waals surface area contributed by atoms with Crippen molar-refractivity contribution >= 4 is 22.7 Å². The van der Waals surface area contributed by atoms with Gasteiger partial charge in [-0.1, -0.05) is 48.4 Å². The van der Waals surface area contributed by atoms with Crippen LogP contribution in [0, 0.1) is 19.8 Å². The van der Waals surface area contributed by atoms with Crippen molar-refractivity contribution in [3.05, 3.63) is 89.4 Å². The summed E-state index contributed by atoms with van der Waals surface area (Å²) in [5.74, 6) is 0.520. The lowest BCUT2D eigenvalue weighted by Crippen LogP contribution is -2.64. The monoisotopic (exact) mass is 522 g/mol. The zero-order valence-electron chi connectivity index (χ0n) is 23.4. The predicted molar refractivity (Wildman–Crippen MR) is 155 cm³/mol. The number of aryl methyl sites for hydroxylation is 2. The Kier molecular flexibility index (Phi) is 6.37. The molecule has 2 aromatic heterocycles. The highest BCUT2D eigenvalue weighted by atomic mass is 16.2. The number of hydrogen-bond donors (Lipinski definition) is 1. The number of rotatable bonds is 5. The smallest absolute Gasteiger partial charge is 0.273 e. The zero-order valence-corrected chi connectivity index (χ0v) is 23.4. The summed E-state index contributed by atoms with van der Waals surface area (Å²) in [6.45, 7) is 9.13. The molecule has 6 rings (SSSR count). The molecule has 202 valence electrons. The van der Waals surface area contributed by atoms with E-state index in [4.69, 9.17) is 0 Å². The zero-order chi connectivity index (χ0) is 27.3. The second kappa shape index (κ2) is 9.74. The molecule has 6 heteroatoms. The van der Waals surface area contributed by atoms with E-state index in [-0.39, 0.29) is 17.9 Å². The standard InChI is InChI=1S/C33H38N4O2/c1-22-7-12-25(13-8-22)20-37-31(38)30-29(35-17-5-6-18-35)27-19-24(3)11-16-28(27)36(30)21-33(37,4)32(39)34-26-14-9-23(2)10-15-26/h5-8,11-13,16-19,23,26H,9-10,14-15,20-21H2,1-4H3,(H,34,39)/t23?,26?,33-/m0/s1. The highest BCUT2D eigenvalue weighted by Crippen LogP contribution is 2.39. The van der Waals surface area contributed by atoms with Gasteiger partial charge in [0, 0.05) is 30.4 Å². The van der Waals surface area contributed by atoms with Gasteiger partial charge in [-0.3, -0.25) is 9.59 Å². The van der Waals surface area contributed by atoms with Crippen molar-refractivity contribution in [2.45, 2.75) is 78.0 Å². The number of amides is 2. The van der Waals surface area contributed by atoms with Crippen LogP contribution in [0.3, 0.4) is 0 Å². The maximum atomic E-state index is 14.6. The molecule has 1 aliphatic carbocycles. The highest BCUT2D eigenvalue weighted by Gasteiger charge is 2.49. The van der Waals surface area contributed by atoms with Crippen LogP contribution in [0.1, 0.15) is 66.7 Å². The minimum absolute atomic E-state index is 0.0651. The normalized spacial score (nSPS) is 23.2. The van der Waals surface area contributed by atoms with Crippen LogP contribution >= 0.6 is 0 Å². The Hall–Kier alpha value is -3.80. The van der Waals surface area contributed by atoms with Gasteiger partial charge >= 0.3 is 0 Å². The van der Waals surface area contributed by atoms with E-state index in [0.717, 1.165) is 53.4 Å². The summed E-state index contributed by atoms with van der Waals surface area (Å²) in [5.41, 5.74) is 4.77. The summed E-state index contributed by atoms with van der Waals surface area (Å²) < 4.78 is 4.11. The van der Waals surface area contributed by atoms with E-state index < -0.39 is 5.54 Å². The molecule has 0 saturated heterocycles. The lowest BCUT2D eigenvalue weighted by Gasteiger charge is -2.45. The maximum absolute atomic E-state index is 14.6. The van der Waals surface area contributed by atoms with Crippen LogP contribution in [0.15, 0.2) is 67.0 Å². The minimum atomic E-state index is -1.04. The van der Waals surface area contributed by atoms with Crippen LogP contribution in [0.2, 0.25) is 0 Å². The fourth-order valence-electron chi connectivity index (χ4n) is 6.38. The van der Waals surface area contributed by atoms with Crippen molar-refractivity contribution in [2.24, 2.45) is 5.92 Å². The number of aromatic nitrogens is 2. The first-order valence-corrected chi connectivity index (χ1v) is 14.2. The van der Waals surface area contributed by atoms with E-state index in [2.05, 4.69) is 73.1 Å². The molecule has 2 aromatic carbocycles. The largest absolute Gasteiger partial charge is 0.351 e. The highest BCUT2D eigenvalue weighted by molar-refractivity contribution is 6.09. The summed E-state index contributed by atoms with van der Waals surface area (Å²) in [5, 5.41) is 4.39. The average Bonchev–Trinajstić information content (AvgIpc) is 3.55. The molecule has 1 fully saturated rings. The number of fused-ring (bicyclic) bond motifs is 3. The van der Waals surface area contributed by atoms with Crippen molar-refractivity contribution in [3.8, 4) is 5.69 Å². The first-order valence-electron chi connectivity index (χ1n) is 14.2. The molecule has 0 spiro atoms. The van der Waals surface area contributed by atoms with Crippen LogP contribution in [0.4, 0.5) is 0 Å². The van der Waals surface area contributed by atoms with Crippen molar-refractivity contribution in [2.75, 3.05) is 0 Å². The number of hydrogen-bond acceptors (Lipinski definition) is 2. The fourth-order valence-corrected chi connectivity index (χ4v) is 6.38. The van der Waals surface area contributed by atoms with Gasteiger partial charge in [-0.2, -0.15) is 0 Å². The third-order valence-electron chi connectivity index (χ3n) is 8.87. The maximum Gasteiger partial charge on any atom is 0.273 e. The molecular formula is C33H38N4O2. The molecule has 39 heavy (non-hydrogen) atoms. The molecule has 2 amide bonds. The van der Waals surface area contributed by atoms with Gasteiger partial charge in [0.15, 0.2) is 0 Å². The van der Waals surface area contributed by atoms with Crippen molar-refractivity contribution in [3.63, 3.8) is 0 Å². The number of nitrogens with zero attached hydrogens (tertiary/aromatic N) is 3. The second-order valence-corrected chi connectivity index (χ2v) is 12.0. The number of carbonyl (C=O) groups excluding carboxylic acids is 2. The van der Waals surface area contributed by atoms with E-state index >= 15 is 0 Å². The molecule has 1 atom stereocenters. The second-order valence-electron chi connectivity index (χ2n) is 12.0. The quantitative estimate of drug-likeness (QED) is 0.341. The molecule has 0 bridgehead atoms. The summed E-state index contributed by atoms with van der Waals surface area (Å²) >= 11 is 0. The number of benzene rings is 2. The number of nitrogens with one attached hydrogen (secondary N) is 1. The van der Waals surface area contributed by atoms with Gasteiger partial charge in [0.1, 0.15) is 11.2 Å². The van der Waals surface area contributed by atoms with Gasteiger partial charge in [-0.25, -0.2) is 0 Å². The Balaban J connectivity index is 1.48. The molecule has 3 heterocycles. The van der Waals surface area contributed by atoms with Crippen LogP contribution in [0.25, 0.3) is 16.6 Å². The molecule has 1 saturated carbocycles. The molecule has 0 unspecified atom stereocenters. The summed E-state index contributed by atoms with van der Waals surface area (Å²) in [7, 11) is 0. The van der Waals surface area contributed by atoms with E-state index in [9.17, 15) is 9.59 Å². The topological polar surface area (TPSA) is 59.3 Å². The van der Waals surface area contributed by atoms with Gasteiger partial charge in [0.2, 0.25) is 5.91 Å². The molecule has 1 N–H and O–H groups in total. The van der Waals surface area contributed by atoms with Gasteiger partial charge in [-0.05, 0) is 82.2 Å². The first kappa shape index (κ1) is 25.5. The molecule has 6 nitrogen and oxygen atoms in total. The van der Waals surface area contributed by atoms with Crippen molar-refractivity contribution in [1.29, 1.82) is 0 Å². The van der Waals surface area contributed by atoms with Gasteiger partial charge in [0.05, 0.1) is 17.7 Å². The van der Waals surface area contributed by atoms with E-state index in [1.165, 1.54) is 5.56 Å². The molecular weight excluding hydrogens is 484 g/mol. The van der Waals surface area contributed by atoms with Gasteiger partial charge in [0.25, 0.3) is 5.91 Å². The minimum Gasteiger partial charge on any atom is -0.351 e. The van der Waals surface area contributed by atoms with E-state index in [0.29, 0.717) is 24.7 Å². The fraction of sp³-hybridized carbons (Fsp3) is 0.394. The summed E-state index contributed by atoms with van der Waals surface area (Å²) in [6, 6.07) is 18.7. The van der Waals surface area contributed by atoms with Crippen LogP contribution < -0.4 is 5.32 Å². The van der Waals surface area contributed by atoms with E-state index in [1.54, 1.807) is 0 Å². The van der Waals surface area contributed by atoms with Crippen molar-refractivity contribution in [1.82, 2.24) is 19.4 Å². The lowest BCUT2D eigenvalue weighted by molar-refractivity contribution is -0.134. The molecule has 0 radical (unpaired) electrons. The third-order valence-corrected chi connectivity index (χ3v) is 8.87. The van der Waals surface area contributed by atoms with Crippen molar-refractivity contribution < 1.29 is 9.59 Å². The molecule has 2 aliphatic rings. The summed E-state index contributed by atoms with van der Waals surface area (Å²) in [4.78, 5) is 30.6. The SMILES string of the molecule is Cc1ccc(CN2C(=O)c3c(-n4cccc4)c4cc(C)ccc4n3C[C@@]2(C)C(=O)NC2CCC(C)CC2)cc1. The van der Waals surface area contributed by atoms with Crippen LogP contribution in [-0.4, -0.2) is 37.4 Å². The Bertz CT molecular complexity index is 1520. The molecule has 4 aromatic rings. The Labute approximate surface area is 230 Å². The third kappa shape index (κ3) is 4.46. The lowest BCUT2D eigenvalue weighted by atomic mass is 9.86. The number of carbonyl (C=O) groups is 2. The van der Waals surface area contributed by atoms with Crippen LogP contribution in [0.5, 0.6) is 0 Å². The summed E-state index contributed by atoms with van der Waals surface area (Å²) in [6.07, 6.45) is 8.20. The Morgan fingerprint density at radius 1 is 0.974 bits per heavy atom. The average molecular weight is 523 g/mol. The van der Waals surface area contributed by atoms with Gasteiger partial charge in [-0.15, -0.1) is 0 Å². The predicted octanol–water partition coefficient (Wildman–Crippen LogP) is 6.16.